The third kappa shape index (κ3) is 6.27. The number of aryl methyl sites for hydroxylation is 1. The lowest BCUT2D eigenvalue weighted by atomic mass is 9.96. The third-order valence-electron chi connectivity index (χ3n) is 5.53. The predicted molar refractivity (Wildman–Crippen MR) is 123 cm³/mol. The average molecular weight is 472 g/mol. The van der Waals surface area contributed by atoms with Crippen LogP contribution in [0.25, 0.3) is 5.57 Å². The molecule has 0 spiro atoms. The van der Waals surface area contributed by atoms with Crippen LogP contribution in [-0.2, 0) is 6.42 Å². The number of nitrogens with one attached hydrogen (secondary N) is 2. The van der Waals surface area contributed by atoms with E-state index < -0.39 is 17.5 Å². The number of carbonyl (C=O) groups is 1. The van der Waals surface area contributed by atoms with Crippen LogP contribution in [0.5, 0.6) is 0 Å². The predicted octanol–water partition coefficient (Wildman–Crippen LogP) is 5.07. The molecule has 2 aromatic carbocycles. The Hall–Kier alpha value is -3.03. The summed E-state index contributed by atoms with van der Waals surface area (Å²) < 4.78 is 32.4. The number of hydrogen-bond acceptors (Lipinski definition) is 4. The second kappa shape index (κ2) is 10.3. The molecule has 4 rings (SSSR count). The molecule has 0 saturated carbocycles. The topological polar surface area (TPSA) is 77.1 Å². The Morgan fingerprint density at radius 1 is 1.27 bits per heavy atom. The van der Waals surface area contributed by atoms with Crippen molar-refractivity contribution in [3.8, 4) is 0 Å². The largest absolute Gasteiger partial charge is 0.360 e. The number of halogens is 3. The lowest BCUT2D eigenvalue weighted by Gasteiger charge is -2.12. The number of carbonyl (C=O) groups excluding carboxylic acids is 1. The van der Waals surface area contributed by atoms with Crippen LogP contribution in [-0.4, -0.2) is 30.2 Å². The SMILES string of the molecule is Cc1ccc(Cl)cc1/C(=C\CC1CN1)CCNC(=O)c1cc(Cc2cc(F)ccc2F)on1. The molecule has 1 aliphatic heterocycles. The Kier molecular flexibility index (Phi) is 7.20. The van der Waals surface area contributed by atoms with Gasteiger partial charge in [0.25, 0.3) is 5.91 Å². The fourth-order valence-electron chi connectivity index (χ4n) is 3.59. The molecule has 2 heterocycles. The van der Waals surface area contributed by atoms with Gasteiger partial charge in [0, 0.05) is 36.6 Å². The maximum absolute atomic E-state index is 13.8. The van der Waals surface area contributed by atoms with Crippen LogP contribution in [0.1, 0.15) is 45.8 Å². The van der Waals surface area contributed by atoms with Gasteiger partial charge in [-0.3, -0.25) is 4.79 Å². The summed E-state index contributed by atoms with van der Waals surface area (Å²) in [6, 6.07) is 10.9. The molecule has 1 amide bonds. The minimum absolute atomic E-state index is 0.00000479. The summed E-state index contributed by atoms with van der Waals surface area (Å²) in [7, 11) is 0. The minimum atomic E-state index is -0.546. The van der Waals surface area contributed by atoms with Gasteiger partial charge in [-0.15, -0.1) is 0 Å². The van der Waals surface area contributed by atoms with Crippen molar-refractivity contribution in [3.05, 3.63) is 93.3 Å². The van der Waals surface area contributed by atoms with E-state index in [9.17, 15) is 13.6 Å². The van der Waals surface area contributed by atoms with E-state index in [1.165, 1.54) is 6.07 Å². The van der Waals surface area contributed by atoms with E-state index in [1.807, 2.05) is 25.1 Å². The quantitative estimate of drug-likeness (QED) is 0.427. The van der Waals surface area contributed by atoms with Crippen molar-refractivity contribution < 1.29 is 18.1 Å². The molecule has 1 unspecified atom stereocenters. The van der Waals surface area contributed by atoms with E-state index in [1.54, 1.807) is 0 Å². The van der Waals surface area contributed by atoms with Crippen molar-refractivity contribution in [2.75, 3.05) is 13.1 Å². The zero-order chi connectivity index (χ0) is 23.4. The molecule has 5 nitrogen and oxygen atoms in total. The molecule has 1 fully saturated rings. The van der Waals surface area contributed by atoms with Crippen molar-refractivity contribution in [2.24, 2.45) is 0 Å². The van der Waals surface area contributed by atoms with Gasteiger partial charge in [-0.25, -0.2) is 8.78 Å². The van der Waals surface area contributed by atoms with Gasteiger partial charge in [0.1, 0.15) is 17.4 Å². The van der Waals surface area contributed by atoms with E-state index in [0.29, 0.717) is 24.0 Å². The van der Waals surface area contributed by atoms with Crippen LogP contribution >= 0.6 is 11.6 Å². The summed E-state index contributed by atoms with van der Waals surface area (Å²) in [5.41, 5.74) is 3.53. The summed E-state index contributed by atoms with van der Waals surface area (Å²) in [4.78, 5) is 12.5. The second-order valence-corrected chi connectivity index (χ2v) is 8.56. The van der Waals surface area contributed by atoms with E-state index in [2.05, 4.69) is 21.9 Å². The Morgan fingerprint density at radius 2 is 2.09 bits per heavy atom. The van der Waals surface area contributed by atoms with Crippen molar-refractivity contribution in [1.29, 1.82) is 0 Å². The van der Waals surface area contributed by atoms with Gasteiger partial charge in [-0.05, 0) is 72.4 Å². The molecule has 1 saturated heterocycles. The second-order valence-electron chi connectivity index (χ2n) is 8.13. The molecule has 2 N–H and O–H groups in total. The van der Waals surface area contributed by atoms with Gasteiger partial charge in [-0.2, -0.15) is 0 Å². The third-order valence-corrected chi connectivity index (χ3v) is 5.77. The Balaban J connectivity index is 1.38. The van der Waals surface area contributed by atoms with E-state index in [-0.39, 0.29) is 23.4 Å². The molecule has 172 valence electrons. The summed E-state index contributed by atoms with van der Waals surface area (Å²) in [6.07, 6.45) is 3.73. The van der Waals surface area contributed by atoms with Crippen LogP contribution in [0.3, 0.4) is 0 Å². The fraction of sp³-hybridized carbons (Fsp3) is 0.280. The maximum atomic E-state index is 13.8. The normalized spacial score (nSPS) is 15.5. The molecular formula is C25H24ClF2N3O2. The van der Waals surface area contributed by atoms with E-state index >= 15 is 0 Å². The monoisotopic (exact) mass is 471 g/mol. The molecule has 0 aliphatic carbocycles. The number of hydrogen-bond donors (Lipinski definition) is 2. The van der Waals surface area contributed by atoms with Crippen LogP contribution in [0.4, 0.5) is 8.78 Å². The number of aromatic nitrogens is 1. The summed E-state index contributed by atoms with van der Waals surface area (Å²) in [5.74, 6) is -1.21. The van der Waals surface area contributed by atoms with Gasteiger partial charge >= 0.3 is 0 Å². The molecule has 1 aliphatic rings. The Labute approximate surface area is 195 Å². The highest BCUT2D eigenvalue weighted by molar-refractivity contribution is 6.30. The summed E-state index contributed by atoms with van der Waals surface area (Å²) in [5, 5.41) is 10.6. The number of amides is 1. The number of nitrogens with zero attached hydrogens (tertiary/aromatic N) is 1. The van der Waals surface area contributed by atoms with Gasteiger partial charge in [0.2, 0.25) is 0 Å². The zero-order valence-corrected chi connectivity index (χ0v) is 18.9. The lowest BCUT2D eigenvalue weighted by molar-refractivity contribution is 0.0945. The average Bonchev–Trinajstić information content (AvgIpc) is 3.50. The first-order chi connectivity index (χ1) is 15.9. The highest BCUT2D eigenvalue weighted by atomic mass is 35.5. The van der Waals surface area contributed by atoms with Crippen LogP contribution in [0.15, 0.2) is 53.1 Å². The molecule has 3 aromatic rings. The molecule has 1 atom stereocenters. The van der Waals surface area contributed by atoms with Crippen molar-refractivity contribution in [2.45, 2.75) is 32.2 Å². The number of rotatable bonds is 9. The number of benzene rings is 2. The van der Waals surface area contributed by atoms with Gasteiger partial charge < -0.3 is 15.2 Å². The van der Waals surface area contributed by atoms with Gasteiger partial charge in [0.05, 0.1) is 0 Å². The van der Waals surface area contributed by atoms with Crippen LogP contribution in [0.2, 0.25) is 5.02 Å². The molecular weight excluding hydrogens is 448 g/mol. The summed E-state index contributed by atoms with van der Waals surface area (Å²) in [6.45, 7) is 3.45. The van der Waals surface area contributed by atoms with Crippen molar-refractivity contribution in [1.82, 2.24) is 15.8 Å². The standard InChI is InChI=1S/C25H24ClF2N3O2/c1-15-2-4-18(26)12-22(15)16(3-6-20-14-30-20)8-9-29-25(32)24-13-21(33-31-24)11-17-10-19(27)5-7-23(17)28/h2-5,7,10,12-13,20,30H,6,8-9,11,14H2,1H3,(H,29,32)/b16-3-. The van der Waals surface area contributed by atoms with Gasteiger partial charge in [-0.1, -0.05) is 28.9 Å². The van der Waals surface area contributed by atoms with Crippen LogP contribution in [0, 0.1) is 18.6 Å². The minimum Gasteiger partial charge on any atom is -0.360 e. The molecule has 8 heteroatoms. The van der Waals surface area contributed by atoms with Crippen molar-refractivity contribution in [3.63, 3.8) is 0 Å². The first kappa shape index (κ1) is 23.1. The zero-order valence-electron chi connectivity index (χ0n) is 18.1. The van der Waals surface area contributed by atoms with Crippen molar-refractivity contribution >= 4 is 23.1 Å². The fourth-order valence-corrected chi connectivity index (χ4v) is 3.76. The summed E-state index contributed by atoms with van der Waals surface area (Å²) >= 11 is 6.21. The first-order valence-electron chi connectivity index (χ1n) is 10.8. The van der Waals surface area contributed by atoms with E-state index in [4.69, 9.17) is 16.1 Å². The van der Waals surface area contributed by atoms with Gasteiger partial charge in [0.15, 0.2) is 5.69 Å². The Morgan fingerprint density at radius 3 is 2.88 bits per heavy atom. The highest BCUT2D eigenvalue weighted by Crippen LogP contribution is 2.26. The molecule has 0 radical (unpaired) electrons. The van der Waals surface area contributed by atoms with E-state index in [0.717, 1.165) is 47.9 Å². The first-order valence-corrected chi connectivity index (χ1v) is 11.1. The molecule has 0 bridgehead atoms. The highest BCUT2D eigenvalue weighted by Gasteiger charge is 2.19. The smallest absolute Gasteiger partial charge is 0.273 e. The molecule has 33 heavy (non-hydrogen) atoms. The lowest BCUT2D eigenvalue weighted by Crippen LogP contribution is -2.25. The maximum Gasteiger partial charge on any atom is 0.273 e. The molecule has 1 aromatic heterocycles. The Bertz CT molecular complexity index is 1190. The van der Waals surface area contributed by atoms with Crippen LogP contribution < -0.4 is 10.6 Å².